The molecular weight excluding hydrogens is 194 g/mol. The van der Waals surface area contributed by atoms with Crippen LogP contribution in [0.4, 0.5) is 0 Å². The van der Waals surface area contributed by atoms with Crippen LogP contribution >= 0.6 is 0 Å². The molecular formula is C11H15NO3. The van der Waals surface area contributed by atoms with Crippen molar-refractivity contribution in [2.24, 2.45) is 0 Å². The van der Waals surface area contributed by atoms with Crippen molar-refractivity contribution in [3.05, 3.63) is 35.9 Å². The molecule has 0 unspecified atom stereocenters. The van der Waals surface area contributed by atoms with Gasteiger partial charge in [-0.25, -0.2) is 0 Å². The van der Waals surface area contributed by atoms with Gasteiger partial charge in [0.15, 0.2) is 0 Å². The standard InChI is InChI=1S/C11H15NO3/c1-12-11(8-13,10(14)15)7-9-5-3-2-4-6-9/h2-6,12-13H,7-8H2,1H3,(H,14,15)/t11-/m1/s1. The van der Waals surface area contributed by atoms with Crippen LogP contribution in [0.3, 0.4) is 0 Å². The molecule has 0 bridgehead atoms. The topological polar surface area (TPSA) is 69.6 Å². The second-order valence-electron chi connectivity index (χ2n) is 3.46. The lowest BCUT2D eigenvalue weighted by Gasteiger charge is -2.26. The molecule has 0 aliphatic heterocycles. The molecule has 0 radical (unpaired) electrons. The van der Waals surface area contributed by atoms with Crippen LogP contribution in [0.1, 0.15) is 5.56 Å². The Hall–Kier alpha value is -1.39. The van der Waals surface area contributed by atoms with Crippen LogP contribution in [0, 0.1) is 0 Å². The van der Waals surface area contributed by atoms with Gasteiger partial charge in [0, 0.05) is 6.42 Å². The molecule has 0 saturated carbocycles. The Morgan fingerprint density at radius 1 is 1.40 bits per heavy atom. The quantitative estimate of drug-likeness (QED) is 0.651. The van der Waals surface area contributed by atoms with Crippen LogP contribution in [-0.2, 0) is 11.2 Å². The molecule has 0 fully saturated rings. The minimum atomic E-state index is -1.29. The highest BCUT2D eigenvalue weighted by atomic mass is 16.4. The zero-order valence-electron chi connectivity index (χ0n) is 8.60. The monoisotopic (exact) mass is 209 g/mol. The van der Waals surface area contributed by atoms with Gasteiger partial charge in [0.2, 0.25) is 0 Å². The molecule has 1 atom stereocenters. The maximum Gasteiger partial charge on any atom is 0.326 e. The predicted molar refractivity (Wildman–Crippen MR) is 56.7 cm³/mol. The van der Waals surface area contributed by atoms with Crippen LogP contribution in [0.15, 0.2) is 30.3 Å². The largest absolute Gasteiger partial charge is 0.480 e. The number of carbonyl (C=O) groups is 1. The summed E-state index contributed by atoms with van der Waals surface area (Å²) >= 11 is 0. The number of hydrogen-bond acceptors (Lipinski definition) is 3. The highest BCUT2D eigenvalue weighted by Crippen LogP contribution is 2.13. The number of benzene rings is 1. The Morgan fingerprint density at radius 3 is 2.40 bits per heavy atom. The van der Waals surface area contributed by atoms with E-state index in [4.69, 9.17) is 10.2 Å². The first kappa shape index (κ1) is 11.7. The average molecular weight is 209 g/mol. The zero-order chi connectivity index (χ0) is 11.3. The predicted octanol–water partition coefficient (Wildman–Crippen LogP) is 0.264. The van der Waals surface area contributed by atoms with E-state index >= 15 is 0 Å². The van der Waals surface area contributed by atoms with Crippen molar-refractivity contribution in [2.45, 2.75) is 12.0 Å². The fourth-order valence-corrected chi connectivity index (χ4v) is 1.42. The number of aliphatic hydroxyl groups is 1. The summed E-state index contributed by atoms with van der Waals surface area (Å²) in [6.07, 6.45) is 0.260. The number of likely N-dealkylation sites (N-methyl/N-ethyl adjacent to an activating group) is 1. The molecule has 82 valence electrons. The van der Waals surface area contributed by atoms with Gasteiger partial charge in [-0.1, -0.05) is 30.3 Å². The van der Waals surface area contributed by atoms with Gasteiger partial charge in [0.1, 0.15) is 5.54 Å². The molecule has 1 rings (SSSR count). The van der Waals surface area contributed by atoms with Gasteiger partial charge >= 0.3 is 5.97 Å². The molecule has 4 heteroatoms. The molecule has 15 heavy (non-hydrogen) atoms. The van der Waals surface area contributed by atoms with Gasteiger partial charge in [0.05, 0.1) is 6.61 Å². The summed E-state index contributed by atoms with van der Waals surface area (Å²) in [5.41, 5.74) is -0.412. The first-order valence-electron chi connectivity index (χ1n) is 4.72. The van der Waals surface area contributed by atoms with Gasteiger partial charge < -0.3 is 15.5 Å². The molecule has 1 aromatic carbocycles. The molecule has 0 saturated heterocycles. The maximum atomic E-state index is 11.1. The Balaban J connectivity index is 2.89. The van der Waals surface area contributed by atoms with Crippen LogP contribution in [0.5, 0.6) is 0 Å². The number of rotatable bonds is 5. The summed E-state index contributed by atoms with van der Waals surface area (Å²) in [5, 5.41) is 20.9. The summed E-state index contributed by atoms with van der Waals surface area (Å²) < 4.78 is 0. The highest BCUT2D eigenvalue weighted by molar-refractivity contribution is 5.79. The smallest absolute Gasteiger partial charge is 0.326 e. The number of nitrogens with one attached hydrogen (secondary N) is 1. The van der Waals surface area contributed by atoms with E-state index in [1.54, 1.807) is 0 Å². The lowest BCUT2D eigenvalue weighted by atomic mass is 9.92. The fraction of sp³-hybridized carbons (Fsp3) is 0.364. The van der Waals surface area contributed by atoms with E-state index in [0.717, 1.165) is 5.56 Å². The third kappa shape index (κ3) is 2.55. The van der Waals surface area contributed by atoms with E-state index in [1.165, 1.54) is 7.05 Å². The van der Waals surface area contributed by atoms with E-state index in [9.17, 15) is 4.79 Å². The number of hydrogen-bond donors (Lipinski definition) is 3. The minimum absolute atomic E-state index is 0.260. The summed E-state index contributed by atoms with van der Waals surface area (Å²) in [4.78, 5) is 11.1. The van der Waals surface area contributed by atoms with Crippen LogP contribution in [-0.4, -0.2) is 35.4 Å². The van der Waals surface area contributed by atoms with Crippen molar-refractivity contribution in [1.29, 1.82) is 0 Å². The second-order valence-corrected chi connectivity index (χ2v) is 3.46. The van der Waals surface area contributed by atoms with Crippen LogP contribution in [0.25, 0.3) is 0 Å². The van der Waals surface area contributed by atoms with Crippen molar-refractivity contribution in [2.75, 3.05) is 13.7 Å². The van der Waals surface area contributed by atoms with E-state index in [-0.39, 0.29) is 6.42 Å². The first-order chi connectivity index (χ1) is 7.14. The van der Waals surface area contributed by atoms with E-state index < -0.39 is 18.1 Å². The average Bonchev–Trinajstić information content (AvgIpc) is 2.27. The highest BCUT2D eigenvalue weighted by Gasteiger charge is 2.36. The number of aliphatic hydroxyl groups excluding tert-OH is 1. The van der Waals surface area contributed by atoms with Crippen molar-refractivity contribution in [1.82, 2.24) is 5.32 Å². The minimum Gasteiger partial charge on any atom is -0.480 e. The van der Waals surface area contributed by atoms with Gasteiger partial charge in [-0.3, -0.25) is 4.79 Å². The molecule has 0 aliphatic carbocycles. The molecule has 4 nitrogen and oxygen atoms in total. The third-order valence-electron chi connectivity index (χ3n) is 2.51. The Labute approximate surface area is 88.6 Å². The zero-order valence-corrected chi connectivity index (χ0v) is 8.60. The lowest BCUT2D eigenvalue weighted by molar-refractivity contribution is -0.146. The van der Waals surface area contributed by atoms with Gasteiger partial charge in [-0.15, -0.1) is 0 Å². The second kappa shape index (κ2) is 4.91. The summed E-state index contributed by atoms with van der Waals surface area (Å²) in [5.74, 6) is -1.05. The number of aliphatic carboxylic acids is 1. The molecule has 0 aliphatic rings. The number of carboxylic acids is 1. The summed E-state index contributed by atoms with van der Waals surface area (Å²) in [6, 6.07) is 9.23. The SMILES string of the molecule is CN[C@@](CO)(Cc1ccccc1)C(=O)O. The molecule has 0 heterocycles. The summed E-state index contributed by atoms with van der Waals surface area (Å²) in [7, 11) is 1.54. The van der Waals surface area contributed by atoms with Gasteiger partial charge in [0.25, 0.3) is 0 Å². The van der Waals surface area contributed by atoms with Crippen molar-refractivity contribution in [3.63, 3.8) is 0 Å². The third-order valence-corrected chi connectivity index (χ3v) is 2.51. The summed E-state index contributed by atoms with van der Waals surface area (Å²) in [6.45, 7) is -0.437. The maximum absolute atomic E-state index is 11.1. The van der Waals surface area contributed by atoms with Gasteiger partial charge in [-0.2, -0.15) is 0 Å². The first-order valence-corrected chi connectivity index (χ1v) is 4.72. The molecule has 0 spiro atoms. The Morgan fingerprint density at radius 2 is 2.00 bits per heavy atom. The van der Waals surface area contributed by atoms with E-state index in [0.29, 0.717) is 0 Å². The van der Waals surface area contributed by atoms with Crippen molar-refractivity contribution < 1.29 is 15.0 Å². The fourth-order valence-electron chi connectivity index (χ4n) is 1.42. The molecule has 3 N–H and O–H groups in total. The Bertz CT molecular complexity index is 320. The Kier molecular flexibility index (Phi) is 3.82. The molecule has 0 aromatic heterocycles. The van der Waals surface area contributed by atoms with E-state index in [2.05, 4.69) is 5.32 Å². The molecule has 0 amide bonds. The number of carboxylic acid groups (broad SMARTS) is 1. The van der Waals surface area contributed by atoms with Gasteiger partial charge in [-0.05, 0) is 12.6 Å². The molecule has 1 aromatic rings. The van der Waals surface area contributed by atoms with Crippen molar-refractivity contribution in [3.8, 4) is 0 Å². The lowest BCUT2D eigenvalue weighted by Crippen LogP contribution is -2.55. The van der Waals surface area contributed by atoms with Crippen molar-refractivity contribution >= 4 is 5.97 Å². The van der Waals surface area contributed by atoms with Crippen LogP contribution < -0.4 is 5.32 Å². The normalized spacial score (nSPS) is 14.5. The van der Waals surface area contributed by atoms with Crippen LogP contribution in [0.2, 0.25) is 0 Å². The van der Waals surface area contributed by atoms with E-state index in [1.807, 2.05) is 30.3 Å².